The normalized spacial score (nSPS) is 40.9. The number of hydrogen-bond acceptors (Lipinski definition) is 3. The van der Waals surface area contributed by atoms with Crippen LogP contribution in [0.4, 0.5) is 0 Å². The van der Waals surface area contributed by atoms with Gasteiger partial charge in [-0.2, -0.15) is 0 Å². The lowest BCUT2D eigenvalue weighted by molar-refractivity contribution is 0.00281. The van der Waals surface area contributed by atoms with Crippen LogP contribution in [0.3, 0.4) is 0 Å². The molecule has 3 aromatic rings. The molecule has 3 nitrogen and oxygen atoms in total. The van der Waals surface area contributed by atoms with E-state index in [1.165, 1.54) is 85.6 Å². The van der Waals surface area contributed by atoms with Gasteiger partial charge in [-0.15, -0.1) is 0 Å². The van der Waals surface area contributed by atoms with Gasteiger partial charge in [0, 0.05) is 50.8 Å². The summed E-state index contributed by atoms with van der Waals surface area (Å²) in [5, 5.41) is 0. The minimum Gasteiger partial charge on any atom is -0.303 e. The Morgan fingerprint density at radius 1 is 0.483 bits per heavy atom. The Morgan fingerprint density at radius 3 is 1.24 bits per heavy atom. The van der Waals surface area contributed by atoms with Gasteiger partial charge in [0.05, 0.1) is 0 Å². The summed E-state index contributed by atoms with van der Waals surface area (Å²) in [6.45, 7) is -3.44. The molecule has 6 aliphatic carbocycles. The molecule has 0 spiro atoms. The number of benzene rings is 3. The molecule has 0 radical (unpaired) electrons. The lowest BCUT2D eigenvalue weighted by Crippen LogP contribution is -2.59. The van der Waals surface area contributed by atoms with Crippen molar-refractivity contribution in [1.29, 1.82) is 0 Å². The van der Waals surface area contributed by atoms with Gasteiger partial charge in [-0.05, 0) is 189 Å². The predicted molar refractivity (Wildman–Crippen MR) is 245 cm³/mol. The van der Waals surface area contributed by atoms with Crippen LogP contribution >= 0.6 is 0 Å². The van der Waals surface area contributed by atoms with Crippen molar-refractivity contribution in [3.8, 4) is 0 Å². The number of aryl methyl sites for hydroxylation is 3. The Bertz CT molecular complexity index is 2390. The number of hydrogen-bond donors (Lipinski definition) is 0. The standard InChI is InChI=1S/3C18H25N.CH4/c3*1-13-6-7-14-12-17-15-5-3-4-8-18(15,16(14)11-13)9-10-19(17)2;/h3*6-7,11,15,17H,3-5,8-10,12H2,1-2H3;1H4/t3*15-,17+,18+;/m111./s1/i1D3,2D3;2D3;1D3;. The highest BCUT2D eigenvalue weighted by Crippen LogP contribution is 2.58. The molecule has 3 saturated heterocycles. The van der Waals surface area contributed by atoms with Crippen LogP contribution in [-0.4, -0.2) is 73.5 Å². The first-order valence-corrected chi connectivity index (χ1v) is 23.1. The summed E-state index contributed by atoms with van der Waals surface area (Å²) < 4.78 is 94.2. The van der Waals surface area contributed by atoms with Crippen LogP contribution in [0.2, 0.25) is 0 Å². The monoisotopic (exact) mass is 794 g/mol. The third-order valence-electron chi connectivity index (χ3n) is 17.9. The summed E-state index contributed by atoms with van der Waals surface area (Å²) in [4.78, 5) is 6.13. The minimum absolute atomic E-state index is 0. The number of likely N-dealkylation sites (tertiary alicyclic amines) is 3. The Balaban J connectivity index is 0.000000130. The van der Waals surface area contributed by atoms with E-state index in [0.29, 0.717) is 35.5 Å². The Morgan fingerprint density at radius 2 is 0.845 bits per heavy atom. The highest BCUT2D eigenvalue weighted by atomic mass is 15.2. The summed E-state index contributed by atoms with van der Waals surface area (Å²) in [7, 11) is 2.27. The molecule has 12 rings (SSSR count). The van der Waals surface area contributed by atoms with E-state index in [2.05, 4.69) is 43.1 Å². The first kappa shape index (κ1) is 29.0. The molecular weight excluding hydrogens is 703 g/mol. The quantitative estimate of drug-likeness (QED) is 0.224. The maximum absolute atomic E-state index is 7.94. The smallest absolute Gasteiger partial charge is 0.0394 e. The molecule has 0 aromatic heterocycles. The van der Waals surface area contributed by atoms with Crippen LogP contribution in [0.1, 0.15) is 170 Å². The van der Waals surface area contributed by atoms with Crippen LogP contribution < -0.4 is 0 Å². The fraction of sp³-hybridized carbons (Fsp3) is 0.673. The largest absolute Gasteiger partial charge is 0.303 e. The van der Waals surface area contributed by atoms with E-state index in [9.17, 15) is 0 Å². The molecule has 6 bridgehead atoms. The van der Waals surface area contributed by atoms with Gasteiger partial charge in [-0.1, -0.05) is 117 Å². The van der Waals surface area contributed by atoms with Crippen LogP contribution in [0.25, 0.3) is 0 Å². The second-order valence-corrected chi connectivity index (χ2v) is 20.4. The van der Waals surface area contributed by atoms with Crippen molar-refractivity contribution in [2.45, 2.75) is 178 Å². The van der Waals surface area contributed by atoms with E-state index in [1.54, 1.807) is 16.5 Å². The van der Waals surface area contributed by atoms with Crippen LogP contribution in [-0.2, 0) is 35.5 Å². The van der Waals surface area contributed by atoms with Gasteiger partial charge >= 0.3 is 0 Å². The number of fused-ring (bicyclic) bond motifs is 3. The van der Waals surface area contributed by atoms with E-state index in [0.717, 1.165) is 82.4 Å². The van der Waals surface area contributed by atoms with E-state index < -0.39 is 27.7 Å². The molecule has 3 aliphatic heterocycles. The van der Waals surface area contributed by atoms with Crippen molar-refractivity contribution in [3.63, 3.8) is 0 Å². The predicted octanol–water partition coefficient (Wildman–Crippen LogP) is 11.7. The van der Waals surface area contributed by atoms with Gasteiger partial charge in [-0.3, -0.25) is 0 Å². The molecule has 0 N–H and O–H groups in total. The Labute approximate surface area is 371 Å². The molecule has 6 fully saturated rings. The number of likely N-dealkylation sites (N-methyl/N-ethyl adjacent to an activating group) is 3. The molecule has 3 saturated carbocycles. The lowest BCUT2D eigenvalue weighted by Gasteiger charge is -2.58. The van der Waals surface area contributed by atoms with E-state index in [-0.39, 0.29) is 35.8 Å². The van der Waals surface area contributed by atoms with Crippen LogP contribution in [0.5, 0.6) is 0 Å². The summed E-state index contributed by atoms with van der Waals surface area (Å²) >= 11 is 0. The summed E-state index contributed by atoms with van der Waals surface area (Å²) in [6.07, 6.45) is 20.4. The Hall–Kier alpha value is -2.46. The van der Waals surface area contributed by atoms with E-state index in [4.69, 9.17) is 16.4 Å². The molecule has 3 heteroatoms. The Kier molecular flexibility index (Phi) is 7.88. The zero-order valence-electron chi connectivity index (χ0n) is 46.9. The zero-order chi connectivity index (χ0) is 49.1. The van der Waals surface area contributed by atoms with Gasteiger partial charge in [0.15, 0.2) is 0 Å². The molecule has 0 amide bonds. The van der Waals surface area contributed by atoms with Gasteiger partial charge in [0.2, 0.25) is 0 Å². The van der Waals surface area contributed by atoms with Gasteiger partial charge in [0.1, 0.15) is 0 Å². The second kappa shape index (κ2) is 15.8. The first-order chi connectivity index (χ1) is 32.5. The fourth-order valence-electron chi connectivity index (χ4n) is 15.3. The highest BCUT2D eigenvalue weighted by molar-refractivity contribution is 5.46. The van der Waals surface area contributed by atoms with Gasteiger partial charge < -0.3 is 14.7 Å². The third-order valence-corrected chi connectivity index (χ3v) is 17.9. The summed E-state index contributed by atoms with van der Waals surface area (Å²) in [5.74, 6) is 1.58. The van der Waals surface area contributed by atoms with Crippen molar-refractivity contribution in [1.82, 2.24) is 14.7 Å². The number of rotatable bonds is 0. The van der Waals surface area contributed by atoms with Crippen LogP contribution in [0.15, 0.2) is 54.6 Å². The molecule has 9 aliphatic rings. The topological polar surface area (TPSA) is 9.72 Å². The van der Waals surface area contributed by atoms with Crippen molar-refractivity contribution in [2.75, 3.05) is 40.6 Å². The molecule has 9 atom stereocenters. The molecule has 0 unspecified atom stereocenters. The van der Waals surface area contributed by atoms with Crippen molar-refractivity contribution in [2.24, 2.45) is 17.8 Å². The molecule has 314 valence electrons. The van der Waals surface area contributed by atoms with Crippen molar-refractivity contribution < 1.29 is 16.4 Å². The lowest BCUT2D eigenvalue weighted by atomic mass is 9.52. The highest BCUT2D eigenvalue weighted by Gasteiger charge is 2.55. The SMILES string of the molecule is C.[2H]C([2H])([2H])N1CC[C@@]23CCCC[C@@H]2[C@@H]1Cc1ccc(C)cc13.[2H]C([2H])([2H])c1ccc2c(c1)[C@]13CCCC[C@@H]1[C@H](C2)N(C([2H])([2H])[2H])CC3.[2H]C([2H])([2H])c1ccc2c(c1)[C@]13CCCC[C@@H]1[C@H](C2)N(C)CC3. The van der Waals surface area contributed by atoms with Crippen molar-refractivity contribution in [3.05, 3.63) is 105 Å². The van der Waals surface area contributed by atoms with Crippen LogP contribution in [0, 0.1) is 38.4 Å². The summed E-state index contributed by atoms with van der Waals surface area (Å²) in [5.41, 5.74) is 10.9. The van der Waals surface area contributed by atoms with E-state index in [1.807, 2.05) is 29.2 Å². The number of nitrogens with zero attached hydrogens (tertiary/aromatic N) is 3. The fourth-order valence-corrected chi connectivity index (χ4v) is 15.3. The molecule has 3 aromatic carbocycles. The summed E-state index contributed by atoms with van der Waals surface area (Å²) in [6, 6.07) is 19.3. The van der Waals surface area contributed by atoms with Gasteiger partial charge in [0.25, 0.3) is 0 Å². The maximum Gasteiger partial charge on any atom is 0.0394 e. The average molecular weight is 794 g/mol. The molecular formula is C55H79N3. The average Bonchev–Trinajstić information content (AvgIpc) is 3.29. The molecule has 3 heterocycles. The maximum atomic E-state index is 7.94. The van der Waals surface area contributed by atoms with E-state index >= 15 is 0 Å². The minimum atomic E-state index is -2.09. The zero-order valence-corrected chi connectivity index (χ0v) is 34.9. The van der Waals surface area contributed by atoms with Crippen molar-refractivity contribution >= 4 is 0 Å². The van der Waals surface area contributed by atoms with Gasteiger partial charge in [-0.25, -0.2) is 0 Å². The molecule has 58 heavy (non-hydrogen) atoms. The second-order valence-electron chi connectivity index (χ2n) is 20.4. The number of piperidine rings is 3. The first-order valence-electron chi connectivity index (χ1n) is 29.1. The third kappa shape index (κ3) is 6.52.